The third-order valence-corrected chi connectivity index (χ3v) is 4.24. The van der Waals surface area contributed by atoms with Crippen molar-refractivity contribution in [3.63, 3.8) is 0 Å². The molecule has 2 aliphatic carbocycles. The number of nitrogens with zero attached hydrogens (tertiary/aromatic N) is 1. The normalized spacial score (nSPS) is 28.1. The maximum absolute atomic E-state index is 12.2. The Kier molecular flexibility index (Phi) is 5.01. The zero-order valence-corrected chi connectivity index (χ0v) is 11.3. The molecule has 2 fully saturated rings. The second-order valence-corrected chi connectivity index (χ2v) is 5.62. The van der Waals surface area contributed by atoms with Crippen LogP contribution in [0.3, 0.4) is 0 Å². The highest BCUT2D eigenvalue weighted by molar-refractivity contribution is 5.77. The average Bonchev–Trinajstić information content (AvgIpc) is 3.21. The first-order valence-corrected chi connectivity index (χ1v) is 7.17. The van der Waals surface area contributed by atoms with Crippen molar-refractivity contribution in [2.75, 3.05) is 20.3 Å². The molecule has 2 rings (SSSR count). The van der Waals surface area contributed by atoms with E-state index >= 15 is 0 Å². The van der Waals surface area contributed by atoms with Crippen LogP contribution in [-0.4, -0.2) is 48.3 Å². The van der Waals surface area contributed by atoms with Crippen LogP contribution < -0.4 is 0 Å². The number of rotatable bonds is 6. The van der Waals surface area contributed by atoms with Gasteiger partial charge in [-0.05, 0) is 44.4 Å². The Morgan fingerprint density at radius 2 is 1.89 bits per heavy atom. The van der Waals surface area contributed by atoms with Gasteiger partial charge >= 0.3 is 0 Å². The molecule has 0 aromatic carbocycles. The minimum Gasteiger partial charge on any atom is -0.395 e. The first-order valence-electron chi connectivity index (χ1n) is 7.17. The van der Waals surface area contributed by atoms with E-state index in [1.165, 1.54) is 0 Å². The minimum absolute atomic E-state index is 0.0820. The molecule has 2 saturated carbocycles. The van der Waals surface area contributed by atoms with Gasteiger partial charge in [0.25, 0.3) is 0 Å². The second kappa shape index (κ2) is 6.53. The van der Waals surface area contributed by atoms with Gasteiger partial charge in [0, 0.05) is 26.1 Å². The molecule has 4 heteroatoms. The Hall–Kier alpha value is -0.610. The summed E-state index contributed by atoms with van der Waals surface area (Å²) in [5.41, 5.74) is 0. The van der Waals surface area contributed by atoms with E-state index in [4.69, 9.17) is 9.84 Å². The molecule has 0 unspecified atom stereocenters. The average molecular weight is 255 g/mol. The molecule has 0 bridgehead atoms. The SMILES string of the molecule is COC1CCC(CC(=O)N(CCO)C2CC2)CC1. The number of aliphatic hydroxyl groups is 1. The van der Waals surface area contributed by atoms with Gasteiger partial charge in [0.1, 0.15) is 0 Å². The Morgan fingerprint density at radius 3 is 2.39 bits per heavy atom. The summed E-state index contributed by atoms with van der Waals surface area (Å²) in [6.45, 7) is 0.593. The highest BCUT2D eigenvalue weighted by atomic mass is 16.5. The third-order valence-electron chi connectivity index (χ3n) is 4.24. The van der Waals surface area contributed by atoms with Crippen molar-refractivity contribution in [1.29, 1.82) is 0 Å². The van der Waals surface area contributed by atoms with Crippen LogP contribution in [0, 0.1) is 5.92 Å². The topological polar surface area (TPSA) is 49.8 Å². The van der Waals surface area contributed by atoms with E-state index in [0.717, 1.165) is 38.5 Å². The fourth-order valence-corrected chi connectivity index (χ4v) is 2.94. The Balaban J connectivity index is 1.76. The van der Waals surface area contributed by atoms with Crippen molar-refractivity contribution in [3.8, 4) is 0 Å². The smallest absolute Gasteiger partial charge is 0.223 e. The minimum atomic E-state index is 0.0820. The number of ether oxygens (including phenoxy) is 1. The van der Waals surface area contributed by atoms with Gasteiger partial charge in [-0.15, -0.1) is 0 Å². The number of carbonyl (C=O) groups excluding carboxylic acids is 1. The number of hydrogen-bond acceptors (Lipinski definition) is 3. The largest absolute Gasteiger partial charge is 0.395 e. The molecular weight excluding hydrogens is 230 g/mol. The zero-order chi connectivity index (χ0) is 13.0. The van der Waals surface area contributed by atoms with Crippen molar-refractivity contribution in [1.82, 2.24) is 4.90 Å². The van der Waals surface area contributed by atoms with Gasteiger partial charge in [-0.25, -0.2) is 0 Å². The van der Waals surface area contributed by atoms with E-state index in [0.29, 0.717) is 31.0 Å². The molecule has 0 aromatic heterocycles. The van der Waals surface area contributed by atoms with Crippen LogP contribution in [0.5, 0.6) is 0 Å². The highest BCUT2D eigenvalue weighted by Gasteiger charge is 2.33. The van der Waals surface area contributed by atoms with E-state index < -0.39 is 0 Å². The van der Waals surface area contributed by atoms with Gasteiger partial charge in [-0.3, -0.25) is 4.79 Å². The Bertz CT molecular complexity index is 270. The van der Waals surface area contributed by atoms with E-state index in [2.05, 4.69) is 0 Å². The lowest BCUT2D eigenvalue weighted by Gasteiger charge is -2.29. The second-order valence-electron chi connectivity index (χ2n) is 5.62. The molecule has 0 heterocycles. The summed E-state index contributed by atoms with van der Waals surface area (Å²) in [7, 11) is 1.77. The lowest BCUT2D eigenvalue weighted by molar-refractivity contribution is -0.133. The van der Waals surface area contributed by atoms with Gasteiger partial charge in [-0.2, -0.15) is 0 Å². The number of aliphatic hydroxyl groups excluding tert-OH is 1. The summed E-state index contributed by atoms with van der Waals surface area (Å²) in [4.78, 5) is 14.1. The maximum Gasteiger partial charge on any atom is 0.223 e. The maximum atomic E-state index is 12.2. The van der Waals surface area contributed by atoms with Crippen molar-refractivity contribution in [3.05, 3.63) is 0 Å². The van der Waals surface area contributed by atoms with Crippen LogP contribution in [0.1, 0.15) is 44.9 Å². The molecule has 4 nitrogen and oxygen atoms in total. The summed E-state index contributed by atoms with van der Waals surface area (Å²) in [5, 5.41) is 9.02. The first kappa shape index (κ1) is 13.8. The lowest BCUT2D eigenvalue weighted by atomic mass is 9.85. The van der Waals surface area contributed by atoms with Crippen LogP contribution in [0.15, 0.2) is 0 Å². The molecule has 0 aliphatic heterocycles. The van der Waals surface area contributed by atoms with Gasteiger partial charge in [0.2, 0.25) is 5.91 Å². The number of amides is 1. The van der Waals surface area contributed by atoms with Gasteiger partial charge < -0.3 is 14.7 Å². The standard InChI is InChI=1S/C14H25NO3/c1-18-13-6-2-11(3-7-13)10-14(17)15(8-9-16)12-4-5-12/h11-13,16H,2-10H2,1H3. The summed E-state index contributed by atoms with van der Waals surface area (Å²) in [6.07, 6.45) is 7.64. The molecule has 0 radical (unpaired) electrons. The van der Waals surface area contributed by atoms with Crippen molar-refractivity contribution >= 4 is 5.91 Å². The first-order chi connectivity index (χ1) is 8.74. The molecule has 104 valence electrons. The van der Waals surface area contributed by atoms with E-state index in [-0.39, 0.29) is 12.5 Å². The Labute approximate surface area is 109 Å². The fourth-order valence-electron chi connectivity index (χ4n) is 2.94. The van der Waals surface area contributed by atoms with Crippen LogP contribution >= 0.6 is 0 Å². The molecule has 0 atom stereocenters. The highest BCUT2D eigenvalue weighted by Crippen LogP contribution is 2.31. The van der Waals surface area contributed by atoms with Crippen molar-refractivity contribution in [2.24, 2.45) is 5.92 Å². The van der Waals surface area contributed by atoms with E-state index in [1.54, 1.807) is 7.11 Å². The van der Waals surface area contributed by atoms with Crippen molar-refractivity contribution in [2.45, 2.75) is 57.1 Å². The molecule has 2 aliphatic rings. The number of carbonyl (C=O) groups is 1. The Morgan fingerprint density at radius 1 is 1.22 bits per heavy atom. The van der Waals surface area contributed by atoms with Crippen LogP contribution in [0.2, 0.25) is 0 Å². The number of hydrogen-bond donors (Lipinski definition) is 1. The molecule has 0 aromatic rings. The molecule has 0 spiro atoms. The van der Waals surface area contributed by atoms with E-state index in [1.807, 2.05) is 4.90 Å². The fraction of sp³-hybridized carbons (Fsp3) is 0.929. The van der Waals surface area contributed by atoms with Gasteiger partial charge in [-0.1, -0.05) is 0 Å². The van der Waals surface area contributed by atoms with Crippen LogP contribution in [-0.2, 0) is 9.53 Å². The summed E-state index contributed by atoms with van der Waals surface area (Å²) in [6, 6.07) is 0.417. The van der Waals surface area contributed by atoms with E-state index in [9.17, 15) is 4.79 Å². The lowest BCUT2D eigenvalue weighted by Crippen LogP contribution is -2.37. The molecule has 1 N–H and O–H groups in total. The molecule has 0 saturated heterocycles. The monoisotopic (exact) mass is 255 g/mol. The number of methoxy groups -OCH3 is 1. The quantitative estimate of drug-likeness (QED) is 0.783. The van der Waals surface area contributed by atoms with Gasteiger partial charge in [0.05, 0.1) is 12.7 Å². The molecule has 18 heavy (non-hydrogen) atoms. The molecular formula is C14H25NO3. The summed E-state index contributed by atoms with van der Waals surface area (Å²) < 4.78 is 5.35. The third kappa shape index (κ3) is 3.69. The predicted octanol–water partition coefficient (Wildman–Crippen LogP) is 1.56. The molecule has 1 amide bonds. The van der Waals surface area contributed by atoms with Crippen LogP contribution in [0.4, 0.5) is 0 Å². The van der Waals surface area contributed by atoms with Crippen LogP contribution in [0.25, 0.3) is 0 Å². The summed E-state index contributed by atoms with van der Waals surface area (Å²) in [5.74, 6) is 0.760. The van der Waals surface area contributed by atoms with Crippen molar-refractivity contribution < 1.29 is 14.6 Å². The predicted molar refractivity (Wildman–Crippen MR) is 69.2 cm³/mol. The summed E-state index contributed by atoms with van der Waals surface area (Å²) >= 11 is 0. The van der Waals surface area contributed by atoms with Gasteiger partial charge in [0.15, 0.2) is 0 Å². The zero-order valence-electron chi connectivity index (χ0n) is 11.3.